The number of nitrogens with zero attached hydrogens (tertiary/aromatic N) is 1. The summed E-state index contributed by atoms with van der Waals surface area (Å²) in [5.41, 5.74) is 1.67. The predicted octanol–water partition coefficient (Wildman–Crippen LogP) is 3.56. The van der Waals surface area contributed by atoms with Crippen molar-refractivity contribution in [3.05, 3.63) is 29.1 Å². The molecule has 0 amide bonds. The Morgan fingerprint density at radius 1 is 1.41 bits per heavy atom. The van der Waals surface area contributed by atoms with Crippen molar-refractivity contribution in [1.29, 1.82) is 5.26 Å². The average Bonchev–Trinajstić information content (AvgIpc) is 2.33. The van der Waals surface area contributed by atoms with Crippen LogP contribution in [-0.2, 0) is 0 Å². The number of nitrogens with one attached hydrogen (secondary N) is 1. The Kier molecular flexibility index (Phi) is 5.85. The second kappa shape index (κ2) is 7.18. The first-order chi connectivity index (χ1) is 8.19. The van der Waals surface area contributed by atoms with E-state index in [1.54, 1.807) is 13.0 Å². The summed E-state index contributed by atoms with van der Waals surface area (Å²) in [6.45, 7) is 2.54. The van der Waals surface area contributed by atoms with Gasteiger partial charge in [0.1, 0.15) is 5.82 Å². The van der Waals surface area contributed by atoms with Gasteiger partial charge in [-0.25, -0.2) is 4.39 Å². The molecule has 0 saturated carbocycles. The van der Waals surface area contributed by atoms with Crippen molar-refractivity contribution in [2.45, 2.75) is 19.8 Å². The highest BCUT2D eigenvalue weighted by Crippen LogP contribution is 2.20. The Bertz CT molecular complexity index is 413. The monoisotopic (exact) mass is 252 g/mol. The van der Waals surface area contributed by atoms with Crippen LogP contribution in [0.15, 0.2) is 12.1 Å². The third-order valence-corrected chi connectivity index (χ3v) is 3.26. The van der Waals surface area contributed by atoms with E-state index in [2.05, 4.69) is 11.6 Å². The molecule has 0 bridgehead atoms. The molecule has 17 heavy (non-hydrogen) atoms. The molecule has 1 aromatic rings. The Morgan fingerprint density at radius 2 is 2.18 bits per heavy atom. The minimum absolute atomic E-state index is 0.323. The molecule has 1 aromatic carbocycles. The predicted molar refractivity (Wildman–Crippen MR) is 72.0 cm³/mol. The molecule has 0 saturated heterocycles. The summed E-state index contributed by atoms with van der Waals surface area (Å²) < 4.78 is 13.5. The van der Waals surface area contributed by atoms with Crippen LogP contribution in [0.2, 0.25) is 0 Å². The molecule has 92 valence electrons. The molecule has 1 N–H and O–H groups in total. The molecular formula is C13H17FN2S. The van der Waals surface area contributed by atoms with Crippen molar-refractivity contribution in [1.82, 2.24) is 0 Å². The molecule has 0 heterocycles. The molecule has 2 nitrogen and oxygen atoms in total. The van der Waals surface area contributed by atoms with Crippen molar-refractivity contribution in [3.63, 3.8) is 0 Å². The summed E-state index contributed by atoms with van der Waals surface area (Å²) >= 11 is 1.83. The zero-order valence-corrected chi connectivity index (χ0v) is 11.0. The first kappa shape index (κ1) is 13.9. The quantitative estimate of drug-likeness (QED) is 0.786. The Morgan fingerprint density at radius 3 is 2.82 bits per heavy atom. The highest BCUT2D eigenvalue weighted by atomic mass is 32.2. The molecule has 0 aliphatic carbocycles. The number of hydrogen-bond acceptors (Lipinski definition) is 3. The van der Waals surface area contributed by atoms with Crippen molar-refractivity contribution in [3.8, 4) is 6.07 Å². The van der Waals surface area contributed by atoms with Crippen LogP contribution in [0.5, 0.6) is 0 Å². The maximum absolute atomic E-state index is 13.5. The van der Waals surface area contributed by atoms with Crippen LogP contribution in [-0.4, -0.2) is 18.6 Å². The standard InChI is InChI=1S/C13H17FN2S/c1-10-12(14)7-11(9-15)8-13(10)16-5-3-4-6-17-2/h7-8,16H,3-6H2,1-2H3. The lowest BCUT2D eigenvalue weighted by Gasteiger charge is -2.10. The summed E-state index contributed by atoms with van der Waals surface area (Å²) in [6.07, 6.45) is 4.29. The molecule has 0 spiro atoms. The fourth-order valence-electron chi connectivity index (χ4n) is 1.52. The molecular weight excluding hydrogens is 235 g/mol. The van der Waals surface area contributed by atoms with Gasteiger partial charge in [0.05, 0.1) is 11.6 Å². The fraction of sp³-hybridized carbons (Fsp3) is 0.462. The summed E-state index contributed by atoms with van der Waals surface area (Å²) in [5.74, 6) is 0.823. The van der Waals surface area contributed by atoms with Crippen LogP contribution in [0.4, 0.5) is 10.1 Å². The number of rotatable bonds is 6. The van der Waals surface area contributed by atoms with Crippen molar-refractivity contribution in [2.75, 3.05) is 23.9 Å². The van der Waals surface area contributed by atoms with Gasteiger partial charge in [0.2, 0.25) is 0 Å². The smallest absolute Gasteiger partial charge is 0.129 e. The maximum Gasteiger partial charge on any atom is 0.129 e. The van der Waals surface area contributed by atoms with Crippen molar-refractivity contribution in [2.24, 2.45) is 0 Å². The molecule has 0 fully saturated rings. The van der Waals surface area contributed by atoms with Gasteiger partial charge in [-0.3, -0.25) is 0 Å². The zero-order valence-electron chi connectivity index (χ0n) is 10.2. The number of thioether (sulfide) groups is 1. The number of benzene rings is 1. The highest BCUT2D eigenvalue weighted by molar-refractivity contribution is 7.98. The number of nitriles is 1. The second-order valence-electron chi connectivity index (χ2n) is 3.87. The molecule has 0 radical (unpaired) electrons. The summed E-state index contributed by atoms with van der Waals surface area (Å²) in [6, 6.07) is 4.94. The fourth-order valence-corrected chi connectivity index (χ4v) is 2.01. The SMILES string of the molecule is CSCCCCNc1cc(C#N)cc(F)c1C. The van der Waals surface area contributed by atoms with E-state index >= 15 is 0 Å². The number of hydrogen-bond donors (Lipinski definition) is 1. The third-order valence-electron chi connectivity index (χ3n) is 2.56. The van der Waals surface area contributed by atoms with Crippen LogP contribution < -0.4 is 5.32 Å². The van der Waals surface area contributed by atoms with E-state index in [1.165, 1.54) is 6.07 Å². The molecule has 0 aliphatic heterocycles. The summed E-state index contributed by atoms with van der Waals surface area (Å²) in [7, 11) is 0. The van der Waals surface area contributed by atoms with E-state index in [4.69, 9.17) is 5.26 Å². The van der Waals surface area contributed by atoms with E-state index in [-0.39, 0.29) is 5.82 Å². The summed E-state index contributed by atoms with van der Waals surface area (Å²) in [4.78, 5) is 0. The molecule has 1 rings (SSSR count). The molecule has 0 atom stereocenters. The zero-order chi connectivity index (χ0) is 12.7. The van der Waals surface area contributed by atoms with E-state index in [9.17, 15) is 4.39 Å². The van der Waals surface area contributed by atoms with Gasteiger partial charge < -0.3 is 5.32 Å². The normalized spacial score (nSPS) is 10.0. The maximum atomic E-state index is 13.5. The van der Waals surface area contributed by atoms with Crippen LogP contribution in [0.3, 0.4) is 0 Å². The van der Waals surface area contributed by atoms with Crippen LogP contribution in [0.25, 0.3) is 0 Å². The molecule has 0 unspecified atom stereocenters. The minimum atomic E-state index is -0.323. The number of unbranched alkanes of at least 4 members (excludes halogenated alkanes) is 1. The lowest BCUT2D eigenvalue weighted by molar-refractivity contribution is 0.618. The molecule has 0 aromatic heterocycles. The lowest BCUT2D eigenvalue weighted by atomic mass is 10.1. The van der Waals surface area contributed by atoms with E-state index in [1.807, 2.05) is 17.8 Å². The molecule has 4 heteroatoms. The number of anilines is 1. The highest BCUT2D eigenvalue weighted by Gasteiger charge is 2.06. The number of halogens is 1. The first-order valence-electron chi connectivity index (χ1n) is 5.62. The second-order valence-corrected chi connectivity index (χ2v) is 4.85. The average molecular weight is 252 g/mol. The Balaban J connectivity index is 2.58. The van der Waals surface area contributed by atoms with Gasteiger partial charge in [-0.2, -0.15) is 17.0 Å². The van der Waals surface area contributed by atoms with Crippen molar-refractivity contribution < 1.29 is 4.39 Å². The Labute approximate surface area is 106 Å². The first-order valence-corrected chi connectivity index (χ1v) is 7.01. The van der Waals surface area contributed by atoms with Crippen LogP contribution >= 0.6 is 11.8 Å². The van der Waals surface area contributed by atoms with Crippen LogP contribution in [0.1, 0.15) is 24.0 Å². The van der Waals surface area contributed by atoms with E-state index in [0.29, 0.717) is 11.1 Å². The van der Waals surface area contributed by atoms with Gasteiger partial charge in [-0.1, -0.05) is 0 Å². The largest absolute Gasteiger partial charge is 0.385 e. The minimum Gasteiger partial charge on any atom is -0.385 e. The van der Waals surface area contributed by atoms with Gasteiger partial charge in [0.25, 0.3) is 0 Å². The van der Waals surface area contributed by atoms with Crippen LogP contribution in [0, 0.1) is 24.1 Å². The van der Waals surface area contributed by atoms with Gasteiger partial charge in [-0.05, 0) is 43.9 Å². The summed E-state index contributed by atoms with van der Waals surface area (Å²) in [5, 5.41) is 12.0. The van der Waals surface area contributed by atoms with E-state index < -0.39 is 0 Å². The lowest BCUT2D eigenvalue weighted by Crippen LogP contribution is -2.05. The van der Waals surface area contributed by atoms with Gasteiger partial charge >= 0.3 is 0 Å². The molecule has 0 aliphatic rings. The van der Waals surface area contributed by atoms with Gasteiger partial charge in [0, 0.05) is 17.8 Å². The van der Waals surface area contributed by atoms with E-state index in [0.717, 1.165) is 30.8 Å². The third kappa shape index (κ3) is 4.27. The van der Waals surface area contributed by atoms with Crippen molar-refractivity contribution >= 4 is 17.4 Å². The van der Waals surface area contributed by atoms with Gasteiger partial charge in [-0.15, -0.1) is 0 Å². The Hall–Kier alpha value is -1.21. The topological polar surface area (TPSA) is 35.8 Å². The van der Waals surface area contributed by atoms with Gasteiger partial charge in [0.15, 0.2) is 0 Å².